The first-order chi connectivity index (χ1) is 13.1. The molecule has 0 aliphatic carbocycles. The van der Waals surface area contributed by atoms with E-state index in [1.807, 2.05) is 67.7 Å². The fourth-order valence-corrected chi connectivity index (χ4v) is 3.02. The van der Waals surface area contributed by atoms with Crippen LogP contribution in [0.5, 0.6) is 5.75 Å². The Morgan fingerprint density at radius 1 is 1.07 bits per heavy atom. The van der Waals surface area contributed by atoms with Gasteiger partial charge in [-0.2, -0.15) is 0 Å². The van der Waals surface area contributed by atoms with Gasteiger partial charge in [-0.3, -0.25) is 4.79 Å². The molecule has 4 nitrogen and oxygen atoms in total. The molecule has 27 heavy (non-hydrogen) atoms. The van der Waals surface area contributed by atoms with Crippen molar-refractivity contribution < 1.29 is 14.4 Å². The molecular formula is C23H25N2O2+. The van der Waals surface area contributed by atoms with Crippen molar-refractivity contribution in [2.24, 2.45) is 0 Å². The number of fused-ring (bicyclic) bond motifs is 1. The zero-order chi connectivity index (χ0) is 19.1. The van der Waals surface area contributed by atoms with Crippen LogP contribution in [-0.2, 0) is 11.3 Å². The van der Waals surface area contributed by atoms with E-state index < -0.39 is 0 Å². The van der Waals surface area contributed by atoms with Gasteiger partial charge in [-0.1, -0.05) is 43.0 Å². The van der Waals surface area contributed by atoms with Gasteiger partial charge in [0.15, 0.2) is 6.54 Å². The molecule has 2 N–H and O–H groups in total. The molecule has 138 valence electrons. The third kappa shape index (κ3) is 5.43. The van der Waals surface area contributed by atoms with E-state index in [1.165, 1.54) is 5.39 Å². The van der Waals surface area contributed by atoms with Crippen LogP contribution in [0.3, 0.4) is 0 Å². The smallest absolute Gasteiger partial charge is 0.279 e. The third-order valence-corrected chi connectivity index (χ3v) is 4.29. The zero-order valence-electron chi connectivity index (χ0n) is 15.6. The number of hydrogen-bond acceptors (Lipinski definition) is 2. The molecule has 0 bridgehead atoms. The number of anilines is 1. The molecule has 0 saturated heterocycles. The maximum atomic E-state index is 12.4. The lowest BCUT2D eigenvalue weighted by Gasteiger charge is -2.14. The van der Waals surface area contributed by atoms with Gasteiger partial charge < -0.3 is 15.0 Å². The summed E-state index contributed by atoms with van der Waals surface area (Å²) >= 11 is 0. The molecule has 0 saturated carbocycles. The Morgan fingerprint density at radius 2 is 1.81 bits per heavy atom. The average molecular weight is 361 g/mol. The van der Waals surface area contributed by atoms with E-state index in [0.717, 1.165) is 33.8 Å². The molecule has 0 fully saturated rings. The maximum Gasteiger partial charge on any atom is 0.279 e. The second kappa shape index (κ2) is 9.01. The van der Waals surface area contributed by atoms with Crippen LogP contribution in [0.2, 0.25) is 0 Å². The van der Waals surface area contributed by atoms with Crippen molar-refractivity contribution >= 4 is 22.4 Å². The fourth-order valence-electron chi connectivity index (χ4n) is 3.02. The van der Waals surface area contributed by atoms with Gasteiger partial charge in [0.2, 0.25) is 0 Å². The van der Waals surface area contributed by atoms with Crippen molar-refractivity contribution in [2.45, 2.75) is 6.54 Å². The van der Waals surface area contributed by atoms with E-state index in [9.17, 15) is 4.79 Å². The largest absolute Gasteiger partial charge is 0.490 e. The van der Waals surface area contributed by atoms with Gasteiger partial charge in [0, 0.05) is 11.3 Å². The molecule has 0 spiro atoms. The molecule has 0 aliphatic heterocycles. The van der Waals surface area contributed by atoms with E-state index >= 15 is 0 Å². The topological polar surface area (TPSA) is 42.8 Å². The third-order valence-electron chi connectivity index (χ3n) is 4.29. The Hall–Kier alpha value is -3.11. The van der Waals surface area contributed by atoms with Crippen LogP contribution in [0.4, 0.5) is 5.69 Å². The maximum absolute atomic E-state index is 12.4. The van der Waals surface area contributed by atoms with E-state index in [-0.39, 0.29) is 5.91 Å². The van der Waals surface area contributed by atoms with Gasteiger partial charge in [-0.05, 0) is 47.2 Å². The first-order valence-corrected chi connectivity index (χ1v) is 9.06. The minimum absolute atomic E-state index is 0.00807. The number of hydrogen-bond donors (Lipinski definition) is 2. The number of benzene rings is 3. The van der Waals surface area contributed by atoms with Gasteiger partial charge in [0.05, 0.1) is 7.05 Å². The van der Waals surface area contributed by atoms with Crippen molar-refractivity contribution in [1.29, 1.82) is 0 Å². The lowest BCUT2D eigenvalue weighted by molar-refractivity contribution is -0.885. The van der Waals surface area contributed by atoms with Crippen molar-refractivity contribution in [1.82, 2.24) is 0 Å². The summed E-state index contributed by atoms with van der Waals surface area (Å²) in [6.45, 7) is 5.31. The first-order valence-electron chi connectivity index (χ1n) is 9.06. The second-order valence-corrected chi connectivity index (χ2v) is 6.66. The highest BCUT2D eigenvalue weighted by Crippen LogP contribution is 2.18. The van der Waals surface area contributed by atoms with Gasteiger partial charge in [-0.25, -0.2) is 0 Å². The van der Waals surface area contributed by atoms with Crippen molar-refractivity contribution in [3.05, 3.63) is 84.9 Å². The van der Waals surface area contributed by atoms with Crippen molar-refractivity contribution in [3.63, 3.8) is 0 Å². The van der Waals surface area contributed by atoms with Gasteiger partial charge in [-0.15, -0.1) is 0 Å². The monoisotopic (exact) mass is 361 g/mol. The van der Waals surface area contributed by atoms with Crippen LogP contribution in [-0.4, -0.2) is 26.1 Å². The van der Waals surface area contributed by atoms with Gasteiger partial charge in [0.1, 0.15) is 18.9 Å². The predicted molar refractivity (Wildman–Crippen MR) is 110 cm³/mol. The van der Waals surface area contributed by atoms with Gasteiger partial charge >= 0.3 is 0 Å². The lowest BCUT2D eigenvalue weighted by atomic mass is 10.1. The molecule has 0 radical (unpaired) electrons. The number of likely N-dealkylation sites (N-methyl/N-ethyl adjacent to an activating group) is 1. The molecular weight excluding hydrogens is 336 g/mol. The molecule has 4 heteroatoms. The Bertz CT molecular complexity index is 919. The summed E-state index contributed by atoms with van der Waals surface area (Å²) in [5.41, 5.74) is 1.99. The highest BCUT2D eigenvalue weighted by atomic mass is 16.5. The number of carbonyl (C=O) groups excluding carboxylic acids is 1. The van der Waals surface area contributed by atoms with Crippen LogP contribution in [0.15, 0.2) is 79.4 Å². The number of carbonyl (C=O) groups is 1. The van der Waals surface area contributed by atoms with E-state index in [2.05, 4.69) is 18.0 Å². The van der Waals surface area contributed by atoms with Crippen LogP contribution >= 0.6 is 0 Å². The van der Waals surface area contributed by atoms with Crippen LogP contribution < -0.4 is 15.0 Å². The van der Waals surface area contributed by atoms with E-state index in [1.54, 1.807) is 6.08 Å². The highest BCUT2D eigenvalue weighted by Gasteiger charge is 2.11. The summed E-state index contributed by atoms with van der Waals surface area (Å²) < 4.78 is 5.49. The molecule has 1 amide bonds. The molecule has 0 aromatic heterocycles. The van der Waals surface area contributed by atoms with Crippen LogP contribution in [0.25, 0.3) is 10.8 Å². The number of ether oxygens (including phenoxy) is 1. The van der Waals surface area contributed by atoms with Crippen LogP contribution in [0, 0.1) is 0 Å². The number of nitrogens with one attached hydrogen (secondary N) is 2. The second-order valence-electron chi connectivity index (χ2n) is 6.66. The number of quaternary nitrogens is 1. The molecule has 3 aromatic carbocycles. The van der Waals surface area contributed by atoms with E-state index in [4.69, 9.17) is 4.74 Å². The van der Waals surface area contributed by atoms with Gasteiger partial charge in [0.25, 0.3) is 5.91 Å². The minimum Gasteiger partial charge on any atom is -0.490 e. The summed E-state index contributed by atoms with van der Waals surface area (Å²) in [5.74, 6) is 0.832. The first kappa shape index (κ1) is 18.7. The molecule has 3 aromatic rings. The summed E-state index contributed by atoms with van der Waals surface area (Å²) in [7, 11) is 2.02. The fraction of sp³-hybridized carbons (Fsp3) is 0.174. The Balaban J connectivity index is 1.52. The molecule has 0 aliphatic rings. The lowest BCUT2D eigenvalue weighted by Crippen LogP contribution is -3.08. The minimum atomic E-state index is 0.00807. The molecule has 3 rings (SSSR count). The normalized spacial score (nSPS) is 11.7. The van der Waals surface area contributed by atoms with Crippen LogP contribution in [0.1, 0.15) is 5.56 Å². The quantitative estimate of drug-likeness (QED) is 0.606. The molecule has 0 heterocycles. The Morgan fingerprint density at radius 3 is 2.56 bits per heavy atom. The average Bonchev–Trinajstić information content (AvgIpc) is 2.67. The number of rotatable bonds is 8. The standard InChI is InChI=1S/C23H24N2O2/c1-3-14-27-22-12-8-18(9-13-22)16-25(2)17-23(26)24-21-11-10-19-6-4-5-7-20(19)15-21/h3-13,15H,1,14,16-17H2,2H3,(H,24,26)/p+1. The Kier molecular flexibility index (Phi) is 6.23. The highest BCUT2D eigenvalue weighted by molar-refractivity contribution is 5.94. The predicted octanol–water partition coefficient (Wildman–Crippen LogP) is 3.06. The Labute approximate surface area is 160 Å². The summed E-state index contributed by atoms with van der Waals surface area (Å²) in [5, 5.41) is 5.28. The summed E-state index contributed by atoms with van der Waals surface area (Å²) in [6.07, 6.45) is 1.72. The summed E-state index contributed by atoms with van der Waals surface area (Å²) in [4.78, 5) is 13.5. The number of amides is 1. The van der Waals surface area contributed by atoms with E-state index in [0.29, 0.717) is 13.2 Å². The SMILES string of the molecule is C=CCOc1ccc(C[NH+](C)CC(=O)Nc2ccc3ccccc3c2)cc1. The molecule has 1 unspecified atom stereocenters. The molecule has 1 atom stereocenters. The zero-order valence-corrected chi connectivity index (χ0v) is 15.6. The summed E-state index contributed by atoms with van der Waals surface area (Å²) in [6, 6.07) is 22.0. The van der Waals surface area contributed by atoms with Crippen molar-refractivity contribution in [3.8, 4) is 5.75 Å². The van der Waals surface area contributed by atoms with Crippen molar-refractivity contribution in [2.75, 3.05) is 25.5 Å².